The summed E-state index contributed by atoms with van der Waals surface area (Å²) in [4.78, 5) is 26.0. The molecule has 1 aromatic rings. The second-order valence-electron chi connectivity index (χ2n) is 6.44. The summed E-state index contributed by atoms with van der Waals surface area (Å²) in [6, 6.07) is 7.48. The Hall–Kier alpha value is -1.79. The van der Waals surface area contributed by atoms with E-state index in [4.69, 9.17) is 5.73 Å². The van der Waals surface area contributed by atoms with Crippen LogP contribution < -0.4 is 16.4 Å². The summed E-state index contributed by atoms with van der Waals surface area (Å²) < 4.78 is 0. The molecule has 1 unspecified atom stereocenters. The molecule has 1 atom stereocenters. The number of halogens is 1. The number of amides is 3. The zero-order valence-corrected chi connectivity index (χ0v) is 15.6. The van der Waals surface area contributed by atoms with Crippen molar-refractivity contribution in [3.8, 4) is 0 Å². The van der Waals surface area contributed by atoms with Crippen molar-refractivity contribution in [3.63, 3.8) is 0 Å². The molecule has 4 N–H and O–H groups in total. The maximum Gasteiger partial charge on any atom is 0.319 e. The lowest BCUT2D eigenvalue weighted by atomic mass is 9.97. The van der Waals surface area contributed by atoms with Crippen molar-refractivity contribution >= 4 is 30.0 Å². The number of piperidine rings is 1. The third-order valence-corrected chi connectivity index (χ3v) is 4.33. The number of benzene rings is 1. The summed E-state index contributed by atoms with van der Waals surface area (Å²) in [5, 5.41) is 5.74. The molecule has 1 fully saturated rings. The monoisotopic (exact) mass is 368 g/mol. The molecule has 3 amide bonds. The Bertz CT molecular complexity index is 551. The molecule has 140 valence electrons. The van der Waals surface area contributed by atoms with Crippen molar-refractivity contribution < 1.29 is 9.59 Å². The fourth-order valence-corrected chi connectivity index (χ4v) is 2.92. The highest BCUT2D eigenvalue weighted by Crippen LogP contribution is 2.17. The molecule has 1 saturated heterocycles. The van der Waals surface area contributed by atoms with Crippen LogP contribution >= 0.6 is 12.4 Å². The van der Waals surface area contributed by atoms with Gasteiger partial charge >= 0.3 is 6.03 Å². The van der Waals surface area contributed by atoms with E-state index in [1.807, 2.05) is 36.1 Å². The number of urea groups is 1. The van der Waals surface area contributed by atoms with E-state index in [2.05, 4.69) is 10.6 Å². The minimum atomic E-state index is -0.203. The van der Waals surface area contributed by atoms with Crippen LogP contribution in [0.5, 0.6) is 0 Å². The third-order valence-electron chi connectivity index (χ3n) is 4.33. The van der Waals surface area contributed by atoms with E-state index >= 15 is 0 Å². The van der Waals surface area contributed by atoms with Crippen LogP contribution in [0.1, 0.15) is 31.2 Å². The Balaban J connectivity index is 0.00000312. The molecule has 0 spiro atoms. The first kappa shape index (κ1) is 21.3. The maximum absolute atomic E-state index is 12.1. The standard InChI is InChI=1S/C18H28N4O2.ClH/c1-14-6-8-16(9-7-14)21-18(24)20-12-15-4-3-11-22(13-15)17(23)5-2-10-19;/h6-9,15H,2-5,10-13,19H2,1H3,(H2,20,21,24);1H. The number of nitrogens with two attached hydrogens (primary N) is 1. The molecule has 0 aliphatic carbocycles. The average molecular weight is 369 g/mol. The summed E-state index contributed by atoms with van der Waals surface area (Å²) in [7, 11) is 0. The minimum Gasteiger partial charge on any atom is -0.342 e. The van der Waals surface area contributed by atoms with Crippen molar-refractivity contribution in [1.29, 1.82) is 0 Å². The number of nitrogens with zero attached hydrogens (tertiary/aromatic N) is 1. The molecule has 0 aromatic heterocycles. The van der Waals surface area contributed by atoms with E-state index in [1.54, 1.807) is 0 Å². The van der Waals surface area contributed by atoms with Gasteiger partial charge in [-0.05, 0) is 50.8 Å². The number of anilines is 1. The molecule has 2 rings (SSSR count). The first-order chi connectivity index (χ1) is 11.6. The number of hydrogen-bond acceptors (Lipinski definition) is 3. The molecule has 1 aromatic carbocycles. The predicted molar refractivity (Wildman–Crippen MR) is 103 cm³/mol. The van der Waals surface area contributed by atoms with Crippen molar-refractivity contribution in [2.24, 2.45) is 11.7 Å². The normalized spacial score (nSPS) is 16.7. The largest absolute Gasteiger partial charge is 0.342 e. The SMILES string of the molecule is Cc1ccc(NC(=O)NCC2CCCN(C(=O)CCCN)C2)cc1.Cl. The van der Waals surface area contributed by atoms with Crippen LogP contribution in [0.2, 0.25) is 0 Å². The van der Waals surface area contributed by atoms with E-state index in [9.17, 15) is 9.59 Å². The van der Waals surface area contributed by atoms with Crippen LogP contribution in [0, 0.1) is 12.8 Å². The third kappa shape index (κ3) is 7.32. The van der Waals surface area contributed by atoms with Gasteiger partial charge in [0.15, 0.2) is 0 Å². The van der Waals surface area contributed by atoms with Gasteiger partial charge in [-0.1, -0.05) is 17.7 Å². The Labute approximate surface area is 155 Å². The fourth-order valence-electron chi connectivity index (χ4n) is 2.92. The Morgan fingerprint density at radius 3 is 2.68 bits per heavy atom. The second-order valence-corrected chi connectivity index (χ2v) is 6.44. The molecular formula is C18H29ClN4O2. The first-order valence-corrected chi connectivity index (χ1v) is 8.68. The maximum atomic E-state index is 12.1. The number of rotatable bonds is 6. The average Bonchev–Trinajstić information content (AvgIpc) is 2.60. The van der Waals surface area contributed by atoms with Crippen LogP contribution in [-0.4, -0.2) is 43.0 Å². The van der Waals surface area contributed by atoms with Crippen LogP contribution in [-0.2, 0) is 4.79 Å². The Kier molecular flexibility index (Phi) is 9.31. The highest BCUT2D eigenvalue weighted by atomic mass is 35.5. The smallest absolute Gasteiger partial charge is 0.319 e. The lowest BCUT2D eigenvalue weighted by Gasteiger charge is -2.33. The zero-order valence-electron chi connectivity index (χ0n) is 14.8. The molecule has 1 aliphatic rings. The van der Waals surface area contributed by atoms with Gasteiger partial charge in [0.25, 0.3) is 0 Å². The van der Waals surface area contributed by atoms with Crippen molar-refractivity contribution in [3.05, 3.63) is 29.8 Å². The molecular weight excluding hydrogens is 340 g/mol. The van der Waals surface area contributed by atoms with Crippen molar-refractivity contribution in [2.45, 2.75) is 32.6 Å². The van der Waals surface area contributed by atoms with Gasteiger partial charge in [-0.3, -0.25) is 4.79 Å². The van der Waals surface area contributed by atoms with Crippen LogP contribution in [0.15, 0.2) is 24.3 Å². The van der Waals surface area contributed by atoms with Gasteiger partial charge in [-0.25, -0.2) is 4.79 Å². The van der Waals surface area contributed by atoms with Crippen LogP contribution in [0.3, 0.4) is 0 Å². The highest BCUT2D eigenvalue weighted by molar-refractivity contribution is 5.89. The molecule has 1 heterocycles. The van der Waals surface area contributed by atoms with Gasteiger partial charge in [0.2, 0.25) is 5.91 Å². The van der Waals surface area contributed by atoms with E-state index < -0.39 is 0 Å². The summed E-state index contributed by atoms with van der Waals surface area (Å²) in [6.07, 6.45) is 3.27. The highest BCUT2D eigenvalue weighted by Gasteiger charge is 2.23. The van der Waals surface area contributed by atoms with E-state index in [0.29, 0.717) is 32.0 Å². The lowest BCUT2D eigenvalue weighted by Crippen LogP contribution is -2.44. The summed E-state index contributed by atoms with van der Waals surface area (Å²) in [5.41, 5.74) is 7.39. The Morgan fingerprint density at radius 2 is 2.00 bits per heavy atom. The van der Waals surface area contributed by atoms with Gasteiger partial charge in [0, 0.05) is 31.7 Å². The molecule has 0 radical (unpaired) electrons. The predicted octanol–water partition coefficient (Wildman–Crippen LogP) is 2.52. The Morgan fingerprint density at radius 1 is 1.28 bits per heavy atom. The number of carbonyl (C=O) groups is 2. The number of hydrogen-bond donors (Lipinski definition) is 3. The molecule has 25 heavy (non-hydrogen) atoms. The fraction of sp³-hybridized carbons (Fsp3) is 0.556. The lowest BCUT2D eigenvalue weighted by molar-refractivity contribution is -0.133. The molecule has 0 bridgehead atoms. The van der Waals surface area contributed by atoms with E-state index in [-0.39, 0.29) is 24.3 Å². The number of nitrogens with one attached hydrogen (secondary N) is 2. The van der Waals surface area contributed by atoms with Crippen molar-refractivity contribution in [2.75, 3.05) is 31.5 Å². The van der Waals surface area contributed by atoms with Crippen LogP contribution in [0.4, 0.5) is 10.5 Å². The summed E-state index contributed by atoms with van der Waals surface area (Å²) in [6.45, 7) is 4.67. The van der Waals surface area contributed by atoms with Gasteiger partial charge in [-0.15, -0.1) is 12.4 Å². The number of aryl methyl sites for hydroxylation is 1. The van der Waals surface area contributed by atoms with Gasteiger partial charge in [0.1, 0.15) is 0 Å². The van der Waals surface area contributed by atoms with E-state index in [0.717, 1.165) is 37.1 Å². The number of likely N-dealkylation sites (tertiary alicyclic amines) is 1. The molecule has 1 aliphatic heterocycles. The molecule has 7 heteroatoms. The summed E-state index contributed by atoms with van der Waals surface area (Å²) in [5.74, 6) is 0.485. The zero-order chi connectivity index (χ0) is 17.4. The van der Waals surface area contributed by atoms with Crippen molar-refractivity contribution in [1.82, 2.24) is 10.2 Å². The van der Waals surface area contributed by atoms with E-state index in [1.165, 1.54) is 0 Å². The van der Waals surface area contributed by atoms with Crippen LogP contribution in [0.25, 0.3) is 0 Å². The van der Waals surface area contributed by atoms with Gasteiger partial charge in [0.05, 0.1) is 0 Å². The molecule has 6 nitrogen and oxygen atoms in total. The van der Waals surface area contributed by atoms with Gasteiger partial charge < -0.3 is 21.3 Å². The number of carbonyl (C=O) groups excluding carboxylic acids is 2. The molecule has 0 saturated carbocycles. The minimum absolute atomic E-state index is 0. The quantitative estimate of drug-likeness (QED) is 0.720. The van der Waals surface area contributed by atoms with Gasteiger partial charge in [-0.2, -0.15) is 0 Å². The second kappa shape index (κ2) is 10.9. The topological polar surface area (TPSA) is 87.5 Å². The summed E-state index contributed by atoms with van der Waals surface area (Å²) >= 11 is 0. The first-order valence-electron chi connectivity index (χ1n) is 8.68.